The maximum absolute atomic E-state index is 14.0. The molecule has 24 heteroatoms. The molecule has 5 unspecified atom stereocenters. The summed E-state index contributed by atoms with van der Waals surface area (Å²) in [6, 6.07) is 15.0. The molecule has 0 saturated carbocycles. The van der Waals surface area contributed by atoms with E-state index in [2.05, 4.69) is 21.8 Å². The molecule has 22 nitrogen and oxygen atoms in total. The number of hydrazine groups is 1. The number of nitrogens with zero attached hydrogens (tertiary/aromatic N) is 4. The Morgan fingerprint density at radius 3 is 2.35 bits per heavy atom. The lowest BCUT2D eigenvalue weighted by Crippen LogP contribution is -2.48. The average molecular weight is 969 g/mol. The molecule has 3 rings (SSSR count). The molecule has 2 aromatic carbocycles. The fourth-order valence-electron chi connectivity index (χ4n) is 6.95. The summed E-state index contributed by atoms with van der Waals surface area (Å²) in [6.45, 7) is 1.35. The number of methoxy groups -OCH3 is 1. The van der Waals surface area contributed by atoms with E-state index in [9.17, 15) is 48.4 Å². The van der Waals surface area contributed by atoms with Crippen LogP contribution < -0.4 is 27.5 Å². The van der Waals surface area contributed by atoms with Crippen molar-refractivity contribution in [3.63, 3.8) is 0 Å². The van der Waals surface area contributed by atoms with Gasteiger partial charge >= 0.3 is 15.6 Å². The van der Waals surface area contributed by atoms with Crippen molar-refractivity contribution in [1.82, 2.24) is 15.2 Å². The van der Waals surface area contributed by atoms with Crippen LogP contribution in [0.1, 0.15) is 81.4 Å². The van der Waals surface area contributed by atoms with Gasteiger partial charge in [-0.2, -0.15) is 4.99 Å². The number of ether oxygens (including phenoxy) is 1. The summed E-state index contributed by atoms with van der Waals surface area (Å²) in [5.41, 5.74) is 16.5. The molecule has 5 atom stereocenters. The minimum atomic E-state index is -5.08. The predicted octanol–water partition coefficient (Wildman–Crippen LogP) is 2.65. The first-order valence-electron chi connectivity index (χ1n) is 21.5. The van der Waals surface area contributed by atoms with Crippen LogP contribution in [0.3, 0.4) is 0 Å². The highest BCUT2D eigenvalue weighted by Crippen LogP contribution is 2.47. The van der Waals surface area contributed by atoms with Crippen LogP contribution in [0, 0.1) is 5.92 Å². The highest BCUT2D eigenvalue weighted by Gasteiger charge is 2.40. The SMILES string of the molecule is CCCCCCN(N)/C1=C(\N)c2ccccc2CN(C(=O)CCC(=O)NCCCCC(CO)COP(=O)(O)OC(C(COP(=O)(O)O)OC)C(O)N(C)/C=C\C(N)=NC=O)c2ccccc21. The first kappa shape index (κ1) is 55.8. The summed E-state index contributed by atoms with van der Waals surface area (Å²) in [4.78, 5) is 72.5. The number of aliphatic imine (C=N–C) groups is 1. The number of unbranched alkanes of at least 4 members (excludes halogenated alkanes) is 4. The number of carbonyl (C=O) groups excluding carboxylic acids is 3. The zero-order valence-electron chi connectivity index (χ0n) is 37.6. The number of benzene rings is 2. The number of phosphoric acid groups is 2. The third kappa shape index (κ3) is 18.3. The summed E-state index contributed by atoms with van der Waals surface area (Å²) < 4.78 is 44.5. The van der Waals surface area contributed by atoms with Crippen LogP contribution in [-0.2, 0) is 48.4 Å². The van der Waals surface area contributed by atoms with Crippen molar-refractivity contribution in [3.8, 4) is 0 Å². The number of likely N-dealkylation sites (N-methyl/N-ethyl adjacent to an activating group) is 1. The molecule has 0 fully saturated rings. The zero-order chi connectivity index (χ0) is 48.9. The summed E-state index contributed by atoms with van der Waals surface area (Å²) in [5, 5.41) is 25.5. The molecule has 0 saturated heterocycles. The van der Waals surface area contributed by atoms with Gasteiger partial charge in [0.15, 0.2) is 6.23 Å². The molecule has 0 aromatic heterocycles. The van der Waals surface area contributed by atoms with Crippen molar-refractivity contribution in [2.45, 2.75) is 89.7 Å². The third-order valence-corrected chi connectivity index (χ3v) is 12.0. The fourth-order valence-corrected chi connectivity index (χ4v) is 8.30. The minimum Gasteiger partial charge on any atom is -0.396 e. The van der Waals surface area contributed by atoms with E-state index in [4.69, 9.17) is 31.1 Å². The number of fused-ring (bicyclic) bond motifs is 2. The lowest BCUT2D eigenvalue weighted by atomic mass is 9.95. The molecule has 0 radical (unpaired) electrons. The standard InChI is InChI=1S/C42H66N8O14P2/c1-4-5-6-13-23-50(45)40-33-17-9-10-18-34(33)49(25-31-15-7-8-16-32(31)39(40)44)38(54)20-19-37(53)46-22-12-11-14-30(26-51)27-63-66(59,60)64-41(35(61-3)28-62-65(56,57)58)42(55)48(2)24-21-36(43)47-29-52/h7-10,15-18,21,24,29-30,35,41-42,51,55H,4-6,11-14,19-20,22-23,25-28,44-45H2,1-3H3,(H,46,53)(H,59,60)(H2,43,47,52)(H2,56,57,58)/b24-21-,40-39-. The normalized spacial score (nSPS) is 17.1. The maximum Gasteiger partial charge on any atom is 0.472 e. The Bertz CT molecular complexity index is 2070. The van der Waals surface area contributed by atoms with E-state index in [-0.39, 0.29) is 50.0 Å². The lowest BCUT2D eigenvalue weighted by Gasteiger charge is -2.34. The Morgan fingerprint density at radius 2 is 1.68 bits per heavy atom. The van der Waals surface area contributed by atoms with Gasteiger partial charge in [-0.3, -0.25) is 28.0 Å². The van der Waals surface area contributed by atoms with Crippen LogP contribution in [-0.4, -0.2) is 124 Å². The van der Waals surface area contributed by atoms with E-state index in [1.807, 2.05) is 48.5 Å². The Kier molecular flexibility index (Phi) is 23.6. The van der Waals surface area contributed by atoms with Gasteiger partial charge in [-0.1, -0.05) is 75.1 Å². The highest BCUT2D eigenvalue weighted by molar-refractivity contribution is 7.47. The molecule has 368 valence electrons. The van der Waals surface area contributed by atoms with E-state index in [0.717, 1.165) is 61.1 Å². The van der Waals surface area contributed by atoms with Crippen molar-refractivity contribution >= 4 is 56.8 Å². The number of anilines is 1. The first-order valence-corrected chi connectivity index (χ1v) is 24.5. The molecule has 1 aliphatic rings. The molecule has 66 heavy (non-hydrogen) atoms. The molecule has 1 aliphatic heterocycles. The molecule has 0 aliphatic carbocycles. The quantitative estimate of drug-likeness (QED) is 0.00794. The van der Waals surface area contributed by atoms with Gasteiger partial charge in [0.25, 0.3) is 0 Å². The largest absolute Gasteiger partial charge is 0.472 e. The highest BCUT2D eigenvalue weighted by atomic mass is 31.2. The van der Waals surface area contributed by atoms with Gasteiger partial charge in [0.2, 0.25) is 18.2 Å². The molecule has 0 bridgehead atoms. The van der Waals surface area contributed by atoms with Crippen molar-refractivity contribution in [2.24, 2.45) is 28.2 Å². The molecular formula is C42H66N8O14P2. The summed E-state index contributed by atoms with van der Waals surface area (Å²) in [7, 11) is -7.79. The number of amides is 3. The van der Waals surface area contributed by atoms with Crippen molar-refractivity contribution < 1.29 is 66.7 Å². The molecule has 3 amide bonds. The van der Waals surface area contributed by atoms with Gasteiger partial charge in [0.05, 0.1) is 36.8 Å². The maximum atomic E-state index is 14.0. The number of phosphoric ester groups is 2. The van der Waals surface area contributed by atoms with Crippen LogP contribution in [0.2, 0.25) is 0 Å². The average Bonchev–Trinajstić information content (AvgIpc) is 3.28. The van der Waals surface area contributed by atoms with Gasteiger partial charge in [-0.05, 0) is 37.0 Å². The van der Waals surface area contributed by atoms with Gasteiger partial charge in [0.1, 0.15) is 18.0 Å². The van der Waals surface area contributed by atoms with Crippen molar-refractivity contribution in [2.75, 3.05) is 52.0 Å². The van der Waals surface area contributed by atoms with Crippen LogP contribution in [0.5, 0.6) is 0 Å². The smallest absolute Gasteiger partial charge is 0.396 e. The van der Waals surface area contributed by atoms with Gasteiger partial charge in [0, 0.05) is 69.9 Å². The molecule has 0 spiro atoms. The number of carbonyl (C=O) groups is 3. The number of nitrogens with two attached hydrogens (primary N) is 3. The van der Waals surface area contributed by atoms with Crippen LogP contribution in [0.25, 0.3) is 11.4 Å². The predicted molar refractivity (Wildman–Crippen MR) is 247 cm³/mol. The van der Waals surface area contributed by atoms with Gasteiger partial charge in [-0.25, -0.2) is 15.0 Å². The lowest BCUT2D eigenvalue weighted by molar-refractivity contribution is -0.125. The first-order chi connectivity index (χ1) is 31.4. The second-order valence-electron chi connectivity index (χ2n) is 15.5. The van der Waals surface area contributed by atoms with Crippen LogP contribution in [0.15, 0.2) is 65.8 Å². The van der Waals surface area contributed by atoms with E-state index in [1.165, 1.54) is 7.05 Å². The van der Waals surface area contributed by atoms with Crippen molar-refractivity contribution in [1.29, 1.82) is 0 Å². The minimum absolute atomic E-state index is 0.0784. The number of hydrogen-bond donors (Lipinski definition) is 9. The Labute approximate surface area is 385 Å². The molecule has 1 heterocycles. The Hall–Kier alpha value is -4.54. The second kappa shape index (κ2) is 27.9. The number of amidine groups is 1. The van der Waals surface area contributed by atoms with Crippen molar-refractivity contribution in [3.05, 3.63) is 77.5 Å². The number of aliphatic hydroxyl groups excluding tert-OH is 2. The van der Waals surface area contributed by atoms with Crippen LogP contribution >= 0.6 is 15.6 Å². The van der Waals surface area contributed by atoms with Gasteiger partial charge < -0.3 is 61.2 Å². The van der Waals surface area contributed by atoms with E-state index in [0.29, 0.717) is 48.5 Å². The fraction of sp³-hybridized carbons (Fsp3) is 0.524. The Morgan fingerprint density at radius 1 is 0.985 bits per heavy atom. The number of hydrogen-bond acceptors (Lipinski definition) is 15. The zero-order valence-corrected chi connectivity index (χ0v) is 39.4. The Balaban J connectivity index is 1.57. The number of nitrogens with one attached hydrogen (secondary N) is 1. The van der Waals surface area contributed by atoms with E-state index >= 15 is 0 Å². The molecular weight excluding hydrogens is 902 g/mol. The monoisotopic (exact) mass is 968 g/mol. The second-order valence-corrected chi connectivity index (χ2v) is 18.2. The third-order valence-electron chi connectivity index (χ3n) is 10.6. The van der Waals surface area contributed by atoms with Crippen LogP contribution in [0.4, 0.5) is 5.69 Å². The number of para-hydroxylation sites is 1. The molecule has 12 N–H and O–H groups in total. The topological polar surface area (TPSA) is 336 Å². The summed E-state index contributed by atoms with van der Waals surface area (Å²) >= 11 is 0. The molecule has 2 aromatic rings. The van der Waals surface area contributed by atoms with E-state index in [1.54, 1.807) is 9.91 Å². The number of aliphatic hydroxyl groups is 2. The summed E-state index contributed by atoms with van der Waals surface area (Å²) in [6.07, 6.45) is 2.27. The van der Waals surface area contributed by atoms with Gasteiger partial charge in [-0.15, -0.1) is 0 Å². The van der Waals surface area contributed by atoms with E-state index < -0.39 is 59.8 Å². The number of rotatable bonds is 30. The summed E-state index contributed by atoms with van der Waals surface area (Å²) in [5.74, 6) is 5.16.